The molecule has 4 atom stereocenters. The number of hydrogen-bond acceptors (Lipinski definition) is 12. The van der Waals surface area contributed by atoms with Crippen molar-refractivity contribution in [3.05, 3.63) is 36.4 Å². The molecule has 0 fully saturated rings. The molecule has 0 aliphatic rings. The van der Waals surface area contributed by atoms with Crippen LogP contribution in [0.1, 0.15) is 17.8 Å². The van der Waals surface area contributed by atoms with E-state index < -0.39 is 60.4 Å². The molecule has 0 spiro atoms. The summed E-state index contributed by atoms with van der Waals surface area (Å²) >= 11 is 3.65. The molecular formula is C19H32N8O10S. The number of rotatable bonds is 11. The molecule has 2 heterocycles. The number of carboxylic acids is 5. The van der Waals surface area contributed by atoms with E-state index in [1.807, 2.05) is 0 Å². The van der Waals surface area contributed by atoms with E-state index in [2.05, 4.69) is 32.6 Å². The fourth-order valence-electron chi connectivity index (χ4n) is 1.78. The van der Waals surface area contributed by atoms with Crippen LogP contribution in [0.25, 0.3) is 0 Å². The van der Waals surface area contributed by atoms with Crippen LogP contribution in [-0.2, 0) is 36.8 Å². The fourth-order valence-corrected chi connectivity index (χ4v) is 1.94. The molecule has 0 radical (unpaired) electrons. The number of nitrogens with zero attached hydrogens (tertiary/aromatic N) is 2. The topological polar surface area (TPSA) is 348 Å². The van der Waals surface area contributed by atoms with Gasteiger partial charge in [-0.15, -0.1) is 0 Å². The molecule has 214 valence electrons. The Morgan fingerprint density at radius 3 is 1.18 bits per heavy atom. The summed E-state index contributed by atoms with van der Waals surface area (Å²) in [6, 6.07) is -3.83. The quantitative estimate of drug-likeness (QED) is 0.120. The minimum absolute atomic E-state index is 0.190. The normalized spacial score (nSPS) is 12.9. The van der Waals surface area contributed by atoms with Crippen molar-refractivity contribution >= 4 is 42.5 Å². The number of H-pyrrole nitrogens is 2. The Bertz CT molecular complexity index is 922. The van der Waals surface area contributed by atoms with Crippen molar-refractivity contribution in [1.82, 2.24) is 19.9 Å². The van der Waals surface area contributed by atoms with Gasteiger partial charge < -0.3 is 58.4 Å². The Morgan fingerprint density at radius 2 is 1.03 bits per heavy atom. The highest BCUT2D eigenvalue weighted by molar-refractivity contribution is 7.80. The van der Waals surface area contributed by atoms with E-state index in [0.29, 0.717) is 11.4 Å². The van der Waals surface area contributed by atoms with Crippen LogP contribution in [0.3, 0.4) is 0 Å². The van der Waals surface area contributed by atoms with Gasteiger partial charge in [0.05, 0.1) is 30.5 Å². The average Bonchev–Trinajstić information content (AvgIpc) is 3.53. The summed E-state index contributed by atoms with van der Waals surface area (Å²) in [5.41, 5.74) is 21.6. The first-order valence-electron chi connectivity index (χ1n) is 10.3. The molecule has 0 aliphatic carbocycles. The molecule has 19 heteroatoms. The second-order valence-corrected chi connectivity index (χ2v) is 7.45. The molecule has 0 bridgehead atoms. The zero-order chi connectivity index (χ0) is 29.8. The van der Waals surface area contributed by atoms with Crippen molar-refractivity contribution in [3.63, 3.8) is 0 Å². The van der Waals surface area contributed by atoms with E-state index in [1.54, 1.807) is 12.4 Å². The first-order chi connectivity index (χ1) is 17.6. The highest BCUT2D eigenvalue weighted by Crippen LogP contribution is 1.96. The smallest absolute Gasteiger partial charge is 0.321 e. The summed E-state index contributed by atoms with van der Waals surface area (Å²) in [6.45, 7) is 0. The van der Waals surface area contributed by atoms with Gasteiger partial charge in [-0.05, 0) is 0 Å². The molecule has 18 nitrogen and oxygen atoms in total. The summed E-state index contributed by atoms with van der Waals surface area (Å²) in [4.78, 5) is 63.0. The van der Waals surface area contributed by atoms with E-state index >= 15 is 0 Å². The predicted molar refractivity (Wildman–Crippen MR) is 133 cm³/mol. The van der Waals surface area contributed by atoms with Gasteiger partial charge >= 0.3 is 29.8 Å². The maximum Gasteiger partial charge on any atom is 0.321 e. The van der Waals surface area contributed by atoms with Gasteiger partial charge in [0.2, 0.25) is 0 Å². The Kier molecular flexibility index (Phi) is 19.1. The van der Waals surface area contributed by atoms with Crippen LogP contribution in [0, 0.1) is 0 Å². The number of imidazole rings is 2. The Hall–Kier alpha value is -4.04. The molecule has 0 aromatic carbocycles. The van der Waals surface area contributed by atoms with E-state index in [0.717, 1.165) is 0 Å². The highest BCUT2D eigenvalue weighted by atomic mass is 32.1. The number of nitrogens with one attached hydrogen (secondary N) is 2. The van der Waals surface area contributed by atoms with Crippen molar-refractivity contribution in [2.75, 3.05) is 5.75 Å². The molecule has 0 saturated carbocycles. The van der Waals surface area contributed by atoms with Gasteiger partial charge in [-0.25, -0.2) is 9.97 Å². The summed E-state index contributed by atoms with van der Waals surface area (Å²) in [5.74, 6) is -5.33. The largest absolute Gasteiger partial charge is 0.481 e. The lowest BCUT2D eigenvalue weighted by molar-refractivity contribution is -0.144. The van der Waals surface area contributed by atoms with Crippen molar-refractivity contribution in [2.24, 2.45) is 22.9 Å². The number of aromatic amines is 2. The molecule has 0 amide bonds. The van der Waals surface area contributed by atoms with Gasteiger partial charge in [-0.1, -0.05) is 0 Å². The van der Waals surface area contributed by atoms with Gasteiger partial charge in [0.25, 0.3) is 0 Å². The summed E-state index contributed by atoms with van der Waals surface area (Å²) < 4.78 is 0. The highest BCUT2D eigenvalue weighted by Gasteiger charge is 2.15. The molecule has 0 saturated heterocycles. The average molecular weight is 565 g/mol. The summed E-state index contributed by atoms with van der Waals surface area (Å²) in [6.07, 6.45) is 6.23. The minimum atomic E-state index is -1.29. The van der Waals surface area contributed by atoms with E-state index in [1.165, 1.54) is 12.7 Å². The van der Waals surface area contributed by atoms with Gasteiger partial charge in [-0.3, -0.25) is 24.0 Å². The van der Waals surface area contributed by atoms with Crippen LogP contribution in [0.4, 0.5) is 0 Å². The minimum Gasteiger partial charge on any atom is -0.481 e. The molecule has 2 aromatic rings. The van der Waals surface area contributed by atoms with Crippen molar-refractivity contribution < 1.29 is 49.5 Å². The van der Waals surface area contributed by atoms with Crippen LogP contribution >= 0.6 is 12.6 Å². The van der Waals surface area contributed by atoms with E-state index in [-0.39, 0.29) is 18.6 Å². The zero-order valence-electron chi connectivity index (χ0n) is 19.9. The first kappa shape index (κ1) is 36.1. The third-order valence-electron chi connectivity index (χ3n) is 3.83. The molecule has 38 heavy (non-hydrogen) atoms. The maximum absolute atomic E-state index is 10.3. The number of carbonyl (C=O) groups is 5. The third-order valence-corrected chi connectivity index (χ3v) is 4.22. The lowest BCUT2D eigenvalue weighted by atomic mass is 10.2. The van der Waals surface area contributed by atoms with Crippen molar-refractivity contribution in [1.29, 1.82) is 0 Å². The van der Waals surface area contributed by atoms with E-state index in [9.17, 15) is 24.0 Å². The number of aliphatic carboxylic acids is 5. The van der Waals surface area contributed by atoms with Crippen molar-refractivity contribution in [2.45, 2.75) is 43.4 Å². The van der Waals surface area contributed by atoms with Gasteiger partial charge in [0, 0.05) is 31.0 Å². The standard InChI is InChI=1S/2C6H9N3O2.C4H7NO4.C3H7NO2S/c2*7-5(6(10)11)1-4-2-8-3-9-4;5-2(4(8)9)1-3(6)7;4-2(1-7)3(5)6/h2*2-3,5H,1,7H2,(H,8,9)(H,10,11);2H,1,5H2,(H,6,7)(H,8,9);2,7H,1,4H2,(H,5,6)/t2*5-;2*2-/m0000/s1. The number of nitrogens with two attached hydrogens (primary N) is 4. The Labute approximate surface area is 220 Å². The van der Waals surface area contributed by atoms with Gasteiger partial charge in [0.15, 0.2) is 0 Å². The molecule has 0 aliphatic heterocycles. The first-order valence-corrected chi connectivity index (χ1v) is 11.0. The number of hydrogen-bond donors (Lipinski definition) is 12. The van der Waals surface area contributed by atoms with Crippen molar-refractivity contribution in [3.8, 4) is 0 Å². The fraction of sp³-hybridized carbons (Fsp3) is 0.421. The molecule has 2 aromatic heterocycles. The second-order valence-electron chi connectivity index (χ2n) is 7.09. The molecule has 2 rings (SSSR count). The van der Waals surface area contributed by atoms with Crippen LogP contribution in [0.15, 0.2) is 25.0 Å². The SMILES string of the molecule is N[C@@H](CC(=O)O)C(=O)O.N[C@@H](CS)C(=O)O.N[C@@H](Cc1c[nH]cn1)C(=O)O.N[C@@H](Cc1c[nH]cn1)C(=O)O. The van der Waals surface area contributed by atoms with Crippen LogP contribution in [0.5, 0.6) is 0 Å². The maximum atomic E-state index is 10.3. The Morgan fingerprint density at radius 1 is 0.684 bits per heavy atom. The number of thiol groups is 1. The monoisotopic (exact) mass is 564 g/mol. The van der Waals surface area contributed by atoms with Gasteiger partial charge in [-0.2, -0.15) is 12.6 Å². The predicted octanol–water partition coefficient (Wildman–Crippen LogP) is -3.07. The molecule has 15 N–H and O–H groups in total. The summed E-state index contributed by atoms with van der Waals surface area (Å²) in [5, 5.41) is 40.9. The second kappa shape index (κ2) is 20.1. The molecular weight excluding hydrogens is 532 g/mol. The zero-order valence-corrected chi connectivity index (χ0v) is 20.8. The number of carboxylic acid groups (broad SMARTS) is 5. The third kappa shape index (κ3) is 19.2. The van der Waals surface area contributed by atoms with Gasteiger partial charge in [0.1, 0.15) is 24.2 Å². The lowest BCUT2D eigenvalue weighted by Crippen LogP contribution is -2.32. The van der Waals surface area contributed by atoms with Crippen LogP contribution < -0.4 is 22.9 Å². The molecule has 0 unspecified atom stereocenters. The van der Waals surface area contributed by atoms with Crippen LogP contribution in [0.2, 0.25) is 0 Å². The Balaban J connectivity index is 0. The van der Waals surface area contributed by atoms with E-state index in [4.69, 9.17) is 48.5 Å². The lowest BCUT2D eigenvalue weighted by Gasteiger charge is -2.01. The summed E-state index contributed by atoms with van der Waals surface area (Å²) in [7, 11) is 0. The van der Waals surface area contributed by atoms with Crippen LogP contribution in [-0.4, -0.2) is 105 Å². The number of aromatic nitrogens is 4.